The average molecular weight is 417 g/mol. The van der Waals surface area contributed by atoms with E-state index in [1.54, 1.807) is 0 Å². The van der Waals surface area contributed by atoms with Gasteiger partial charge in [-0.15, -0.1) is 0 Å². The topological polar surface area (TPSA) is 56.3 Å². The van der Waals surface area contributed by atoms with Gasteiger partial charge >= 0.3 is 0 Å². The molecular formula is C25H32N6. The Morgan fingerprint density at radius 3 is 2.61 bits per heavy atom. The predicted molar refractivity (Wildman–Crippen MR) is 129 cm³/mol. The summed E-state index contributed by atoms with van der Waals surface area (Å²) in [4.78, 5) is 14.6. The van der Waals surface area contributed by atoms with Crippen LogP contribution in [0.15, 0.2) is 48.7 Å². The second-order valence-electron chi connectivity index (χ2n) is 8.25. The summed E-state index contributed by atoms with van der Waals surface area (Å²) in [5.41, 5.74) is 4.45. The summed E-state index contributed by atoms with van der Waals surface area (Å²) < 4.78 is 0. The van der Waals surface area contributed by atoms with Gasteiger partial charge in [-0.3, -0.25) is 0 Å². The summed E-state index contributed by atoms with van der Waals surface area (Å²) in [6.07, 6.45) is 3.20. The van der Waals surface area contributed by atoms with E-state index in [9.17, 15) is 0 Å². The molecule has 162 valence electrons. The molecule has 0 saturated carbocycles. The van der Waals surface area contributed by atoms with Crippen molar-refractivity contribution in [2.75, 3.05) is 49.1 Å². The minimum absolute atomic E-state index is 0.613. The molecule has 3 saturated heterocycles. The fourth-order valence-corrected chi connectivity index (χ4v) is 4.96. The zero-order chi connectivity index (χ0) is 21.2. The largest absolute Gasteiger partial charge is 0.365 e. The highest BCUT2D eigenvalue weighted by Crippen LogP contribution is 2.38. The molecule has 0 bridgehead atoms. The first-order valence-corrected chi connectivity index (χ1v) is 11.7. The molecule has 2 aromatic heterocycles. The number of aromatic nitrogens is 2. The van der Waals surface area contributed by atoms with Gasteiger partial charge in [0.25, 0.3) is 0 Å². The number of anilines is 2. The lowest BCUT2D eigenvalue weighted by atomic mass is 9.95. The Hall–Kier alpha value is -2.70. The predicted octanol–water partition coefficient (Wildman–Crippen LogP) is 3.28. The molecule has 0 aliphatic carbocycles. The molecule has 3 aliphatic heterocycles. The number of pyridine rings is 2. The van der Waals surface area contributed by atoms with E-state index in [2.05, 4.69) is 62.9 Å². The van der Waals surface area contributed by atoms with Gasteiger partial charge in [0.1, 0.15) is 5.82 Å². The molecule has 0 amide bonds. The fourth-order valence-electron chi connectivity index (χ4n) is 4.96. The Bertz CT molecular complexity index is 1030. The number of nitrogens with zero attached hydrogens (tertiary/aromatic N) is 4. The van der Waals surface area contributed by atoms with Crippen LogP contribution in [0.5, 0.6) is 0 Å². The van der Waals surface area contributed by atoms with Gasteiger partial charge in [0.05, 0.1) is 11.2 Å². The first-order chi connectivity index (χ1) is 15.4. The Balaban J connectivity index is 0.000000994. The molecule has 3 aromatic rings. The van der Waals surface area contributed by atoms with Crippen molar-refractivity contribution in [2.24, 2.45) is 0 Å². The third kappa shape index (κ3) is 3.75. The lowest BCUT2D eigenvalue weighted by Gasteiger charge is -2.46. The molecule has 2 unspecified atom stereocenters. The molecule has 6 nitrogen and oxygen atoms in total. The molecule has 3 fully saturated rings. The highest BCUT2D eigenvalue weighted by atomic mass is 15.3. The van der Waals surface area contributed by atoms with E-state index < -0.39 is 0 Å². The number of rotatable bonds is 3. The number of hydrogen-bond acceptors (Lipinski definition) is 6. The minimum Gasteiger partial charge on any atom is -0.365 e. The number of benzene rings is 1. The van der Waals surface area contributed by atoms with Crippen molar-refractivity contribution in [3.8, 4) is 11.3 Å². The van der Waals surface area contributed by atoms with Crippen molar-refractivity contribution in [1.29, 1.82) is 0 Å². The third-order valence-corrected chi connectivity index (χ3v) is 6.59. The van der Waals surface area contributed by atoms with Crippen LogP contribution < -0.4 is 20.4 Å². The number of nitrogens with one attached hydrogen (secondary N) is 2. The zero-order valence-electron chi connectivity index (χ0n) is 18.5. The van der Waals surface area contributed by atoms with Crippen LogP contribution in [0.25, 0.3) is 22.2 Å². The van der Waals surface area contributed by atoms with Gasteiger partial charge in [-0.05, 0) is 37.2 Å². The van der Waals surface area contributed by atoms with Crippen molar-refractivity contribution in [3.63, 3.8) is 0 Å². The quantitative estimate of drug-likeness (QED) is 0.683. The number of fused-ring (bicyclic) bond motifs is 2. The average Bonchev–Trinajstić information content (AvgIpc) is 3.21. The van der Waals surface area contributed by atoms with Gasteiger partial charge in [0.2, 0.25) is 0 Å². The van der Waals surface area contributed by atoms with E-state index in [-0.39, 0.29) is 0 Å². The Morgan fingerprint density at radius 2 is 1.84 bits per heavy atom. The lowest BCUT2D eigenvalue weighted by molar-refractivity contribution is 0.397. The van der Waals surface area contributed by atoms with Crippen molar-refractivity contribution in [3.05, 3.63) is 48.7 Å². The smallest absolute Gasteiger partial charge is 0.128 e. The fraction of sp³-hybridized carbons (Fsp3) is 0.440. The van der Waals surface area contributed by atoms with Crippen molar-refractivity contribution >= 4 is 22.4 Å². The van der Waals surface area contributed by atoms with Crippen molar-refractivity contribution < 1.29 is 0 Å². The van der Waals surface area contributed by atoms with Crippen LogP contribution in [-0.4, -0.2) is 61.3 Å². The van der Waals surface area contributed by atoms with Crippen LogP contribution >= 0.6 is 0 Å². The summed E-state index contributed by atoms with van der Waals surface area (Å²) in [5, 5.41) is 8.25. The minimum atomic E-state index is 0.613. The molecule has 5 heterocycles. The van der Waals surface area contributed by atoms with Crippen LogP contribution in [-0.2, 0) is 0 Å². The first kappa shape index (κ1) is 20.2. The highest BCUT2D eigenvalue weighted by molar-refractivity contribution is 5.95. The summed E-state index contributed by atoms with van der Waals surface area (Å²) in [7, 11) is 0. The Labute approximate surface area is 184 Å². The normalized spacial score (nSPS) is 22.5. The van der Waals surface area contributed by atoms with Gasteiger partial charge in [-0.2, -0.15) is 0 Å². The monoisotopic (exact) mass is 416 g/mol. The van der Waals surface area contributed by atoms with Crippen LogP contribution in [0.4, 0.5) is 11.5 Å². The Morgan fingerprint density at radius 1 is 1.00 bits per heavy atom. The molecule has 31 heavy (non-hydrogen) atoms. The molecule has 3 aliphatic rings. The van der Waals surface area contributed by atoms with Crippen molar-refractivity contribution in [2.45, 2.75) is 32.4 Å². The second kappa shape index (κ2) is 8.81. The maximum absolute atomic E-state index is 4.97. The molecular weight excluding hydrogens is 384 g/mol. The summed E-state index contributed by atoms with van der Waals surface area (Å²) >= 11 is 0. The molecule has 2 atom stereocenters. The summed E-state index contributed by atoms with van der Waals surface area (Å²) in [6.45, 7) is 10.3. The zero-order valence-corrected chi connectivity index (χ0v) is 18.5. The molecule has 0 spiro atoms. The molecule has 6 rings (SSSR count). The van der Waals surface area contributed by atoms with E-state index in [1.807, 2.05) is 20.0 Å². The lowest BCUT2D eigenvalue weighted by Crippen LogP contribution is -2.61. The van der Waals surface area contributed by atoms with Crippen molar-refractivity contribution in [1.82, 2.24) is 20.6 Å². The van der Waals surface area contributed by atoms with E-state index in [4.69, 9.17) is 9.97 Å². The Kier molecular flexibility index (Phi) is 5.74. The summed E-state index contributed by atoms with van der Waals surface area (Å²) in [5.74, 6) is 1.05. The van der Waals surface area contributed by atoms with Crippen LogP contribution in [0.2, 0.25) is 0 Å². The van der Waals surface area contributed by atoms with Gasteiger partial charge in [0, 0.05) is 67.6 Å². The third-order valence-electron chi connectivity index (χ3n) is 6.59. The van der Waals surface area contributed by atoms with E-state index in [1.165, 1.54) is 17.5 Å². The van der Waals surface area contributed by atoms with Gasteiger partial charge in [-0.1, -0.05) is 32.0 Å². The number of piperazine rings is 1. The van der Waals surface area contributed by atoms with Gasteiger partial charge in [0.15, 0.2) is 0 Å². The van der Waals surface area contributed by atoms with Crippen LogP contribution in [0.3, 0.4) is 0 Å². The van der Waals surface area contributed by atoms with Crippen LogP contribution in [0.1, 0.15) is 20.3 Å². The standard InChI is InChI=1S/C23H26N6.C2H6/c1-2-4-18-17(3-1)22(29-15-20-21(29)7-8-25-20)13-19(27-18)16-5-6-23(26-14-16)28-11-9-24-10-12-28;1-2/h1-6,13-14,20-21,24-25H,7-12,15H2;1-2H3. The highest BCUT2D eigenvalue weighted by Gasteiger charge is 2.42. The van der Waals surface area contributed by atoms with E-state index in [0.29, 0.717) is 12.1 Å². The maximum atomic E-state index is 4.97. The molecule has 0 radical (unpaired) electrons. The molecule has 6 heteroatoms. The van der Waals surface area contributed by atoms with Gasteiger partial charge < -0.3 is 20.4 Å². The SMILES string of the molecule is CC.c1ccc2c(N3CC4NCCC43)cc(-c3ccc(N4CCNCC4)nc3)nc2c1. The number of hydrogen-bond donors (Lipinski definition) is 2. The molecule has 2 N–H and O–H groups in total. The van der Waals surface area contributed by atoms with E-state index >= 15 is 0 Å². The first-order valence-electron chi connectivity index (χ1n) is 11.7. The van der Waals surface area contributed by atoms with Crippen LogP contribution in [0, 0.1) is 0 Å². The second-order valence-corrected chi connectivity index (χ2v) is 8.25. The maximum Gasteiger partial charge on any atom is 0.128 e. The molecule has 1 aromatic carbocycles. The van der Waals surface area contributed by atoms with Gasteiger partial charge in [-0.25, -0.2) is 9.97 Å². The summed E-state index contributed by atoms with van der Waals surface area (Å²) in [6, 6.07) is 16.3. The van der Waals surface area contributed by atoms with E-state index in [0.717, 1.165) is 61.9 Å². The number of para-hydroxylation sites is 1.